The maximum Gasteiger partial charge on any atom is 0.416 e. The number of nitrogens with one attached hydrogen (secondary N) is 1. The quantitative estimate of drug-likeness (QED) is 0.217. The Morgan fingerprint density at radius 1 is 1.00 bits per heavy atom. The smallest absolute Gasteiger partial charge is 0.331 e. The largest absolute Gasteiger partial charge is 0.416 e. The first-order chi connectivity index (χ1) is 21.7. The molecule has 2 heterocycles. The Morgan fingerprint density at radius 2 is 1.67 bits per heavy atom. The van der Waals surface area contributed by atoms with Crippen LogP contribution >= 0.6 is 0 Å². The fourth-order valence-corrected chi connectivity index (χ4v) is 5.38. The number of carbonyl (C=O) groups excluding carboxylic acids is 1. The number of carbonyl (C=O) groups is 1. The van der Waals surface area contributed by atoms with Gasteiger partial charge in [0, 0.05) is 5.56 Å². The zero-order chi connectivity index (χ0) is 33.4. The molecule has 0 aliphatic heterocycles. The number of imidazole rings is 1. The molecule has 0 saturated carbocycles. The van der Waals surface area contributed by atoms with E-state index in [9.17, 15) is 28.0 Å². The molecule has 1 N–H and O–H groups in total. The zero-order valence-corrected chi connectivity index (χ0v) is 26.0. The first-order valence-corrected chi connectivity index (χ1v) is 14.4. The van der Waals surface area contributed by atoms with E-state index >= 15 is 0 Å². The van der Waals surface area contributed by atoms with E-state index in [2.05, 4.69) is 37.6 Å². The van der Waals surface area contributed by atoms with Gasteiger partial charge in [-0.2, -0.15) is 23.5 Å². The molecular weight excluding hydrogens is 595 g/mol. The van der Waals surface area contributed by atoms with E-state index in [0.29, 0.717) is 16.9 Å². The van der Waals surface area contributed by atoms with Gasteiger partial charge in [-0.1, -0.05) is 30.3 Å². The number of rotatable bonds is 7. The van der Waals surface area contributed by atoms with Crippen molar-refractivity contribution in [3.63, 3.8) is 0 Å². The van der Waals surface area contributed by atoms with Gasteiger partial charge in [-0.25, -0.2) is 18.8 Å². The van der Waals surface area contributed by atoms with Crippen LogP contribution in [0.4, 0.5) is 18.0 Å². The number of nitriles is 1. The normalized spacial score (nSPS) is 12.5. The predicted octanol–water partition coefficient (Wildman–Crippen LogP) is 6.22. The van der Waals surface area contributed by atoms with Crippen molar-refractivity contribution in [3.05, 3.63) is 123 Å². The minimum Gasteiger partial charge on any atom is -0.331 e. The van der Waals surface area contributed by atoms with Crippen molar-refractivity contribution in [2.75, 3.05) is 21.1 Å². The number of benzene rings is 3. The minimum atomic E-state index is -4.64. The number of halogens is 3. The molecule has 0 fully saturated rings. The topological polar surface area (TPSA) is 97.6 Å². The molecule has 236 valence electrons. The number of quaternary nitrogens is 1. The second kappa shape index (κ2) is 12.2. The first kappa shape index (κ1) is 32.0. The molecule has 3 aromatic carbocycles. The van der Waals surface area contributed by atoms with Crippen LogP contribution in [0.1, 0.15) is 40.9 Å². The Morgan fingerprint density at radius 3 is 2.28 bits per heavy atom. The van der Waals surface area contributed by atoms with Gasteiger partial charge in [0.25, 0.3) is 0 Å². The van der Waals surface area contributed by atoms with Crippen molar-refractivity contribution in [1.29, 1.82) is 5.26 Å². The molecule has 5 rings (SSSR count). The summed E-state index contributed by atoms with van der Waals surface area (Å²) in [5.74, 6) is 0. The van der Waals surface area contributed by atoms with E-state index in [1.54, 1.807) is 44.2 Å². The van der Waals surface area contributed by atoms with Gasteiger partial charge < -0.3 is 9.80 Å². The van der Waals surface area contributed by atoms with E-state index in [0.717, 1.165) is 43.4 Å². The number of nitrogens with zero attached hydrogens (tertiary/aromatic N) is 6. The maximum absolute atomic E-state index is 14.1. The van der Waals surface area contributed by atoms with Gasteiger partial charge in [-0.15, -0.1) is 0 Å². The summed E-state index contributed by atoms with van der Waals surface area (Å²) < 4.78 is 45.2. The number of amides is 1. The second-order valence-electron chi connectivity index (χ2n) is 12.1. The van der Waals surface area contributed by atoms with Gasteiger partial charge in [0.05, 0.1) is 73.3 Å². The Bertz CT molecular complexity index is 1990. The van der Waals surface area contributed by atoms with Crippen molar-refractivity contribution in [1.82, 2.24) is 24.2 Å². The van der Waals surface area contributed by atoms with Gasteiger partial charge >= 0.3 is 17.9 Å². The van der Waals surface area contributed by atoms with Crippen LogP contribution in [0.15, 0.2) is 89.9 Å². The van der Waals surface area contributed by atoms with Crippen LogP contribution in [0.2, 0.25) is 0 Å². The van der Waals surface area contributed by atoms with Crippen LogP contribution in [0.3, 0.4) is 0 Å². The highest BCUT2D eigenvalue weighted by atomic mass is 19.4. The lowest BCUT2D eigenvalue weighted by atomic mass is 10.1. The van der Waals surface area contributed by atoms with Crippen molar-refractivity contribution >= 4 is 6.03 Å². The third-order valence-corrected chi connectivity index (χ3v) is 7.52. The van der Waals surface area contributed by atoms with Crippen LogP contribution in [0, 0.1) is 18.3 Å². The van der Waals surface area contributed by atoms with Crippen molar-refractivity contribution in [2.45, 2.75) is 32.6 Å². The molecule has 0 aliphatic rings. The summed E-state index contributed by atoms with van der Waals surface area (Å²) in [6.45, 7) is 4.16. The molecule has 0 spiro atoms. The van der Waals surface area contributed by atoms with Gasteiger partial charge in [0.1, 0.15) is 12.2 Å². The summed E-state index contributed by atoms with van der Waals surface area (Å²) in [7, 11) is 6.27. The van der Waals surface area contributed by atoms with Crippen molar-refractivity contribution < 1.29 is 22.4 Å². The van der Waals surface area contributed by atoms with E-state index in [-0.39, 0.29) is 17.1 Å². The highest BCUT2D eigenvalue weighted by Gasteiger charge is 2.32. The first-order valence-electron chi connectivity index (χ1n) is 14.4. The van der Waals surface area contributed by atoms with E-state index < -0.39 is 29.5 Å². The van der Waals surface area contributed by atoms with E-state index in [4.69, 9.17) is 0 Å². The molecule has 0 unspecified atom stereocenters. The van der Waals surface area contributed by atoms with Gasteiger partial charge in [-0.05, 0) is 67.9 Å². The van der Waals surface area contributed by atoms with Gasteiger partial charge in [0.15, 0.2) is 0 Å². The third kappa shape index (κ3) is 6.50. The van der Waals surface area contributed by atoms with Crippen LogP contribution in [0.25, 0.3) is 22.8 Å². The van der Waals surface area contributed by atoms with E-state index in [1.165, 1.54) is 23.0 Å². The molecule has 9 nitrogen and oxygen atoms in total. The van der Waals surface area contributed by atoms with Crippen LogP contribution in [0.5, 0.6) is 0 Å². The zero-order valence-electron chi connectivity index (χ0n) is 26.0. The number of alkyl halides is 3. The molecule has 0 radical (unpaired) electrons. The highest BCUT2D eigenvalue weighted by Crippen LogP contribution is 2.32. The number of aromatic nitrogens is 4. The Labute approximate surface area is 263 Å². The summed E-state index contributed by atoms with van der Waals surface area (Å²) in [5.41, 5.74) is 1.81. The van der Waals surface area contributed by atoms with Crippen molar-refractivity contribution in [2.24, 2.45) is 0 Å². The Kier molecular flexibility index (Phi) is 8.47. The van der Waals surface area contributed by atoms with Crippen molar-refractivity contribution in [3.8, 4) is 28.8 Å². The number of hydrogen-bond acceptors (Lipinski definition) is 4. The number of hydrogen-bond donors (Lipinski definition) is 1. The van der Waals surface area contributed by atoms with E-state index in [1.807, 2.05) is 24.3 Å². The predicted molar refractivity (Wildman–Crippen MR) is 168 cm³/mol. The summed E-state index contributed by atoms with van der Waals surface area (Å²) in [6.07, 6.45) is -3.15. The van der Waals surface area contributed by atoms with Gasteiger partial charge in [0.2, 0.25) is 0 Å². The SMILES string of the molecule is Cc1c(-c2ccnn2-c2ccc(C#N)cc2)n(C(=O)N[C@@H](C)c2ccc(C[N+](C)(C)C)cc2)c(=O)n1-c1cccc(C(F)(F)F)c1. The Balaban J connectivity index is 1.62. The monoisotopic (exact) mass is 628 g/mol. The molecular formula is C34H33F3N7O2+. The summed E-state index contributed by atoms with van der Waals surface area (Å²) in [6, 6.07) is 21.1. The second-order valence-corrected chi connectivity index (χ2v) is 12.1. The standard InChI is InChI=1S/C34H32F3N7O2/c1-22(26-13-9-25(10-14-26)21-44(3,4)5)40-32(45)42-31(30-17-18-39-43(30)28-15-11-24(20-38)12-16-28)23(2)41(33(42)46)29-8-6-7-27(19-29)34(35,36)37/h6-19,22H,21H2,1-5H3/p+1/t22-/m0/s1. The fourth-order valence-electron chi connectivity index (χ4n) is 5.38. The van der Waals surface area contributed by atoms with Crippen LogP contribution < -0.4 is 11.0 Å². The average molecular weight is 629 g/mol. The lowest BCUT2D eigenvalue weighted by Crippen LogP contribution is -2.38. The molecule has 0 saturated heterocycles. The van der Waals surface area contributed by atoms with Crippen LogP contribution in [-0.2, 0) is 12.7 Å². The molecule has 12 heteroatoms. The third-order valence-electron chi connectivity index (χ3n) is 7.52. The molecule has 2 aromatic heterocycles. The molecule has 1 amide bonds. The summed E-state index contributed by atoms with van der Waals surface area (Å²) >= 11 is 0. The molecule has 1 atom stereocenters. The fraction of sp³-hybridized carbons (Fsp3) is 0.235. The lowest BCUT2D eigenvalue weighted by molar-refractivity contribution is -0.884. The highest BCUT2D eigenvalue weighted by molar-refractivity contribution is 5.83. The summed E-state index contributed by atoms with van der Waals surface area (Å²) in [5, 5.41) is 16.5. The molecule has 5 aromatic rings. The summed E-state index contributed by atoms with van der Waals surface area (Å²) in [4.78, 5) is 28.0. The minimum absolute atomic E-state index is 0.0459. The van der Waals surface area contributed by atoms with Gasteiger partial charge in [-0.3, -0.25) is 4.57 Å². The molecule has 0 aliphatic carbocycles. The lowest BCUT2D eigenvalue weighted by Gasteiger charge is -2.24. The Hall–Kier alpha value is -5.41. The average Bonchev–Trinajstić information content (AvgIpc) is 3.58. The molecule has 0 bridgehead atoms. The maximum atomic E-state index is 14.1. The molecule has 46 heavy (non-hydrogen) atoms. The van der Waals surface area contributed by atoms with Crippen LogP contribution in [-0.4, -0.2) is 50.6 Å².